The van der Waals surface area contributed by atoms with Crippen LogP contribution < -0.4 is 9.46 Å². The van der Waals surface area contributed by atoms with Crippen molar-refractivity contribution >= 4 is 15.9 Å². The van der Waals surface area contributed by atoms with Gasteiger partial charge in [0, 0.05) is 19.6 Å². The molecule has 1 fully saturated rings. The molecule has 0 bridgehead atoms. The molecule has 1 aliphatic heterocycles. The molecule has 2 aromatic carbocycles. The predicted octanol–water partition coefficient (Wildman–Crippen LogP) is 3.11. The Bertz CT molecular complexity index is 951. The van der Waals surface area contributed by atoms with Gasteiger partial charge in [-0.05, 0) is 55.5 Å². The number of ether oxygens (including phenoxy) is 1. The Morgan fingerprint density at radius 1 is 1.11 bits per heavy atom. The van der Waals surface area contributed by atoms with E-state index in [-0.39, 0.29) is 22.9 Å². The zero-order valence-electron chi connectivity index (χ0n) is 16.3. The van der Waals surface area contributed by atoms with Gasteiger partial charge in [0.2, 0.25) is 10.0 Å². The van der Waals surface area contributed by atoms with Gasteiger partial charge in [-0.25, -0.2) is 13.1 Å². The third-order valence-corrected chi connectivity index (χ3v) is 6.47. The topological polar surface area (TPSA) is 75.7 Å². The van der Waals surface area contributed by atoms with E-state index in [1.807, 2.05) is 31.2 Å². The van der Waals surface area contributed by atoms with Crippen molar-refractivity contribution in [1.82, 2.24) is 9.62 Å². The lowest BCUT2D eigenvalue weighted by atomic mass is 10.1. The van der Waals surface area contributed by atoms with E-state index in [0.717, 1.165) is 30.4 Å². The molecule has 150 valence electrons. The highest BCUT2D eigenvalue weighted by molar-refractivity contribution is 7.89. The fraction of sp³-hybridized carbons (Fsp3) is 0.381. The number of rotatable bonds is 6. The molecule has 0 atom stereocenters. The highest BCUT2D eigenvalue weighted by Gasteiger charge is 2.24. The summed E-state index contributed by atoms with van der Waals surface area (Å²) in [6.45, 7) is 3.50. The summed E-state index contributed by atoms with van der Waals surface area (Å²) in [6.07, 6.45) is 3.03. The molecule has 1 heterocycles. The van der Waals surface area contributed by atoms with Crippen molar-refractivity contribution in [2.24, 2.45) is 0 Å². The second-order valence-corrected chi connectivity index (χ2v) is 8.73. The minimum Gasteiger partial charge on any atom is -0.496 e. The Morgan fingerprint density at radius 2 is 1.82 bits per heavy atom. The number of amides is 1. The van der Waals surface area contributed by atoms with Crippen LogP contribution in [0.4, 0.5) is 0 Å². The maximum absolute atomic E-state index is 12.9. The molecular weight excluding hydrogens is 376 g/mol. The maximum atomic E-state index is 12.9. The molecular formula is C21H26N2O4S. The van der Waals surface area contributed by atoms with Crippen LogP contribution in [0.25, 0.3) is 0 Å². The maximum Gasteiger partial charge on any atom is 0.257 e. The molecule has 28 heavy (non-hydrogen) atoms. The van der Waals surface area contributed by atoms with Gasteiger partial charge in [-0.3, -0.25) is 4.79 Å². The molecule has 0 aromatic heterocycles. The average molecular weight is 403 g/mol. The first kappa shape index (κ1) is 20.4. The summed E-state index contributed by atoms with van der Waals surface area (Å²) in [7, 11) is -2.28. The molecule has 2 aromatic rings. The summed E-state index contributed by atoms with van der Waals surface area (Å²) >= 11 is 0. The lowest BCUT2D eigenvalue weighted by Crippen LogP contribution is -2.36. The lowest BCUT2D eigenvalue weighted by Gasteiger charge is -2.27. The molecule has 3 rings (SSSR count). The summed E-state index contributed by atoms with van der Waals surface area (Å²) in [5, 5.41) is 0. The number of sulfonamides is 1. The zero-order valence-corrected chi connectivity index (χ0v) is 17.1. The molecule has 1 saturated heterocycles. The average Bonchev–Trinajstić information content (AvgIpc) is 2.72. The van der Waals surface area contributed by atoms with Gasteiger partial charge in [0.15, 0.2) is 0 Å². The number of hydrogen-bond donors (Lipinski definition) is 1. The molecule has 0 spiro atoms. The Labute approximate surface area is 166 Å². The number of methoxy groups -OCH3 is 1. The number of piperidine rings is 1. The van der Waals surface area contributed by atoms with Crippen LogP contribution in [-0.4, -0.2) is 39.4 Å². The van der Waals surface area contributed by atoms with E-state index in [1.165, 1.54) is 19.2 Å². The number of nitrogens with zero attached hydrogens (tertiary/aromatic N) is 1. The Kier molecular flexibility index (Phi) is 6.36. The second-order valence-electron chi connectivity index (χ2n) is 6.97. The number of carbonyl (C=O) groups excluding carboxylic acids is 1. The minimum atomic E-state index is -3.76. The minimum absolute atomic E-state index is 0.0576. The SMILES string of the molecule is COc1ccc(S(=O)(=O)NCc2ccccc2C)cc1C(=O)N1CCCCC1. The standard InChI is InChI=1S/C21H26N2O4S/c1-16-8-4-5-9-17(16)15-22-28(25,26)18-10-11-20(27-2)19(14-18)21(24)23-12-6-3-7-13-23/h4-5,8-11,14,22H,3,6-7,12-13,15H2,1-2H3. The molecule has 0 radical (unpaired) electrons. The van der Waals surface area contributed by atoms with Crippen LogP contribution in [0.3, 0.4) is 0 Å². The van der Waals surface area contributed by atoms with Crippen molar-refractivity contribution in [3.63, 3.8) is 0 Å². The van der Waals surface area contributed by atoms with Crippen LogP contribution in [0.15, 0.2) is 47.4 Å². The van der Waals surface area contributed by atoms with Gasteiger partial charge in [0.1, 0.15) is 5.75 Å². The fourth-order valence-corrected chi connectivity index (χ4v) is 4.39. The summed E-state index contributed by atoms with van der Waals surface area (Å²) in [5.41, 5.74) is 2.20. The van der Waals surface area contributed by atoms with Crippen molar-refractivity contribution in [3.05, 3.63) is 59.2 Å². The quantitative estimate of drug-likeness (QED) is 0.806. The smallest absolute Gasteiger partial charge is 0.257 e. The van der Waals surface area contributed by atoms with Gasteiger partial charge in [0.25, 0.3) is 5.91 Å². The molecule has 0 unspecified atom stereocenters. The Morgan fingerprint density at radius 3 is 2.50 bits per heavy atom. The monoisotopic (exact) mass is 402 g/mol. The van der Waals surface area contributed by atoms with Gasteiger partial charge in [-0.2, -0.15) is 0 Å². The molecule has 0 aliphatic carbocycles. The van der Waals surface area contributed by atoms with Crippen LogP contribution in [0.2, 0.25) is 0 Å². The number of nitrogens with one attached hydrogen (secondary N) is 1. The number of likely N-dealkylation sites (tertiary alicyclic amines) is 1. The fourth-order valence-electron chi connectivity index (χ4n) is 3.35. The van der Waals surface area contributed by atoms with Crippen LogP contribution >= 0.6 is 0 Å². The molecule has 1 N–H and O–H groups in total. The first-order valence-electron chi connectivity index (χ1n) is 9.44. The summed E-state index contributed by atoms with van der Waals surface area (Å²) in [6, 6.07) is 12.0. The van der Waals surface area contributed by atoms with Gasteiger partial charge < -0.3 is 9.64 Å². The normalized spacial score (nSPS) is 14.7. The summed E-state index contributed by atoms with van der Waals surface area (Å²) < 4.78 is 33.5. The first-order chi connectivity index (χ1) is 13.4. The van der Waals surface area contributed by atoms with E-state index in [9.17, 15) is 13.2 Å². The summed E-state index contributed by atoms with van der Waals surface area (Å²) in [4.78, 5) is 14.7. The van der Waals surface area contributed by atoms with Crippen molar-refractivity contribution in [1.29, 1.82) is 0 Å². The van der Waals surface area contributed by atoms with E-state index in [1.54, 1.807) is 11.0 Å². The molecule has 0 saturated carbocycles. The van der Waals surface area contributed by atoms with E-state index < -0.39 is 10.0 Å². The lowest BCUT2D eigenvalue weighted by molar-refractivity contribution is 0.0720. The van der Waals surface area contributed by atoms with E-state index >= 15 is 0 Å². The Balaban J connectivity index is 1.84. The zero-order chi connectivity index (χ0) is 20.1. The van der Waals surface area contributed by atoms with E-state index in [0.29, 0.717) is 18.8 Å². The third-order valence-electron chi connectivity index (χ3n) is 5.07. The van der Waals surface area contributed by atoms with Crippen molar-refractivity contribution in [3.8, 4) is 5.75 Å². The summed E-state index contributed by atoms with van der Waals surface area (Å²) in [5.74, 6) is 0.195. The molecule has 1 amide bonds. The van der Waals surface area contributed by atoms with Crippen molar-refractivity contribution in [2.75, 3.05) is 20.2 Å². The first-order valence-corrected chi connectivity index (χ1v) is 10.9. The second kappa shape index (κ2) is 8.75. The van der Waals surface area contributed by atoms with Crippen LogP contribution in [-0.2, 0) is 16.6 Å². The van der Waals surface area contributed by atoms with Gasteiger partial charge in [0.05, 0.1) is 17.6 Å². The number of carbonyl (C=O) groups is 1. The predicted molar refractivity (Wildman–Crippen MR) is 108 cm³/mol. The number of benzene rings is 2. The molecule has 7 heteroatoms. The van der Waals surface area contributed by atoms with Gasteiger partial charge >= 0.3 is 0 Å². The highest BCUT2D eigenvalue weighted by atomic mass is 32.2. The van der Waals surface area contributed by atoms with Crippen LogP contribution in [0, 0.1) is 6.92 Å². The van der Waals surface area contributed by atoms with Crippen molar-refractivity contribution < 1.29 is 17.9 Å². The van der Waals surface area contributed by atoms with E-state index in [2.05, 4.69) is 4.72 Å². The molecule has 6 nitrogen and oxygen atoms in total. The van der Waals surface area contributed by atoms with E-state index in [4.69, 9.17) is 4.74 Å². The largest absolute Gasteiger partial charge is 0.496 e. The van der Waals surface area contributed by atoms with Crippen molar-refractivity contribution in [2.45, 2.75) is 37.6 Å². The number of aryl methyl sites for hydroxylation is 1. The molecule has 1 aliphatic rings. The third kappa shape index (κ3) is 4.54. The van der Waals surface area contributed by atoms with Crippen LogP contribution in [0.1, 0.15) is 40.7 Å². The Hall–Kier alpha value is -2.38. The van der Waals surface area contributed by atoms with Crippen LogP contribution in [0.5, 0.6) is 5.75 Å². The number of hydrogen-bond acceptors (Lipinski definition) is 4. The van der Waals surface area contributed by atoms with Gasteiger partial charge in [-0.1, -0.05) is 24.3 Å². The highest BCUT2D eigenvalue weighted by Crippen LogP contribution is 2.25. The van der Waals surface area contributed by atoms with Gasteiger partial charge in [-0.15, -0.1) is 0 Å².